The summed E-state index contributed by atoms with van der Waals surface area (Å²) in [6, 6.07) is 2.70. The van der Waals surface area contributed by atoms with E-state index < -0.39 is 35.7 Å². The predicted molar refractivity (Wildman–Crippen MR) is 103 cm³/mol. The number of carbonyl (C=O) groups excluding carboxylic acids is 5. The summed E-state index contributed by atoms with van der Waals surface area (Å²) < 4.78 is 4.51. The molecular formula is C18H21ClN4O6. The maximum absolute atomic E-state index is 12.8. The van der Waals surface area contributed by atoms with Gasteiger partial charge in [0.25, 0.3) is 11.8 Å². The van der Waals surface area contributed by atoms with E-state index in [-0.39, 0.29) is 34.6 Å². The zero-order chi connectivity index (χ0) is 21.7. The standard InChI is InChI=1S/C18H21ClN4O6/c1-8-5-9(16(26)21-8)6-13(14(24)15(20)25)22-17(27)11-7-10(19)3-4-12(11)23-18(28)29-2/h3-4,7-9,13H,5-6H2,1-2H3,(H2,20,25)(H,21,26)(H,22,27)(H,23,28)/t8-,9+,13?/m1/s1. The van der Waals surface area contributed by atoms with Crippen LogP contribution in [0.5, 0.6) is 0 Å². The molecule has 4 amide bonds. The van der Waals surface area contributed by atoms with Gasteiger partial charge >= 0.3 is 6.09 Å². The van der Waals surface area contributed by atoms with E-state index in [1.54, 1.807) is 6.92 Å². The smallest absolute Gasteiger partial charge is 0.411 e. The third kappa shape index (κ3) is 5.67. The molecule has 1 aliphatic heterocycles. The van der Waals surface area contributed by atoms with Crippen molar-refractivity contribution in [3.8, 4) is 0 Å². The summed E-state index contributed by atoms with van der Waals surface area (Å²) in [5.74, 6) is -3.89. The van der Waals surface area contributed by atoms with Gasteiger partial charge in [0, 0.05) is 17.0 Å². The van der Waals surface area contributed by atoms with Crippen molar-refractivity contribution in [3.63, 3.8) is 0 Å². The SMILES string of the molecule is COC(=O)Nc1ccc(Cl)cc1C(=O)NC(C[C@@H]1C[C@@H](C)NC1=O)C(=O)C(N)=O. The maximum Gasteiger partial charge on any atom is 0.411 e. The van der Waals surface area contributed by atoms with Crippen LogP contribution in [-0.2, 0) is 19.1 Å². The first kappa shape index (κ1) is 22.2. The van der Waals surface area contributed by atoms with Crippen molar-refractivity contribution in [1.82, 2.24) is 10.6 Å². The number of hydrogen-bond donors (Lipinski definition) is 4. The van der Waals surface area contributed by atoms with Crippen LogP contribution in [0, 0.1) is 5.92 Å². The second-order valence-corrected chi connectivity index (χ2v) is 7.08. The summed E-state index contributed by atoms with van der Waals surface area (Å²) in [5.41, 5.74) is 5.11. The van der Waals surface area contributed by atoms with Gasteiger partial charge in [-0.1, -0.05) is 11.6 Å². The Morgan fingerprint density at radius 3 is 2.59 bits per heavy atom. The molecule has 10 nitrogen and oxygen atoms in total. The number of halogens is 1. The topological polar surface area (TPSA) is 157 Å². The molecule has 0 bridgehead atoms. The number of benzene rings is 1. The van der Waals surface area contributed by atoms with Crippen LogP contribution >= 0.6 is 11.6 Å². The van der Waals surface area contributed by atoms with E-state index >= 15 is 0 Å². The second kappa shape index (κ2) is 9.37. The fourth-order valence-electron chi connectivity index (χ4n) is 3.05. The molecule has 1 saturated heterocycles. The Balaban J connectivity index is 2.26. The number of nitrogens with two attached hydrogens (primary N) is 1. The Morgan fingerprint density at radius 2 is 2.03 bits per heavy atom. The predicted octanol–water partition coefficient (Wildman–Crippen LogP) is 0.586. The van der Waals surface area contributed by atoms with Gasteiger partial charge in [0.15, 0.2) is 0 Å². The number of primary amides is 1. The number of rotatable bonds is 7. The van der Waals surface area contributed by atoms with Crippen molar-refractivity contribution in [2.24, 2.45) is 11.7 Å². The second-order valence-electron chi connectivity index (χ2n) is 6.64. The molecular weight excluding hydrogens is 404 g/mol. The minimum absolute atomic E-state index is 0.0607. The van der Waals surface area contributed by atoms with E-state index in [1.807, 2.05) is 0 Å². The minimum Gasteiger partial charge on any atom is -0.453 e. The van der Waals surface area contributed by atoms with Crippen LogP contribution in [0.2, 0.25) is 5.02 Å². The number of nitrogens with one attached hydrogen (secondary N) is 3. The first-order valence-corrected chi connectivity index (χ1v) is 9.09. The highest BCUT2D eigenvalue weighted by molar-refractivity contribution is 6.38. The van der Waals surface area contributed by atoms with E-state index in [0.717, 1.165) is 7.11 Å². The molecule has 1 aromatic rings. The molecule has 11 heteroatoms. The minimum atomic E-state index is -1.31. The van der Waals surface area contributed by atoms with Crippen molar-refractivity contribution < 1.29 is 28.7 Å². The van der Waals surface area contributed by atoms with E-state index in [9.17, 15) is 24.0 Å². The maximum atomic E-state index is 12.8. The largest absolute Gasteiger partial charge is 0.453 e. The highest BCUT2D eigenvalue weighted by Gasteiger charge is 2.36. The Hall–Kier alpha value is -3.14. The average molecular weight is 425 g/mol. The molecule has 1 fully saturated rings. The van der Waals surface area contributed by atoms with Gasteiger partial charge in [0.05, 0.1) is 24.4 Å². The summed E-state index contributed by atoms with van der Waals surface area (Å²) >= 11 is 5.94. The normalized spacial score (nSPS) is 19.1. The fourth-order valence-corrected chi connectivity index (χ4v) is 3.23. The molecule has 1 unspecified atom stereocenters. The van der Waals surface area contributed by atoms with Crippen LogP contribution in [0.15, 0.2) is 18.2 Å². The van der Waals surface area contributed by atoms with E-state index in [0.29, 0.717) is 6.42 Å². The molecule has 1 heterocycles. The summed E-state index contributed by atoms with van der Waals surface area (Å²) in [4.78, 5) is 59.9. The van der Waals surface area contributed by atoms with Crippen molar-refractivity contribution in [2.45, 2.75) is 31.8 Å². The summed E-state index contributed by atoms with van der Waals surface area (Å²) in [5, 5.41) is 7.69. The number of amides is 4. The number of hydrogen-bond acceptors (Lipinski definition) is 6. The van der Waals surface area contributed by atoms with Gasteiger partial charge in [-0.3, -0.25) is 24.5 Å². The highest BCUT2D eigenvalue weighted by Crippen LogP contribution is 2.23. The van der Waals surface area contributed by atoms with Gasteiger partial charge in [-0.2, -0.15) is 0 Å². The van der Waals surface area contributed by atoms with Crippen LogP contribution in [0.25, 0.3) is 0 Å². The molecule has 0 spiro atoms. The number of ether oxygens (including phenoxy) is 1. The molecule has 1 aromatic carbocycles. The van der Waals surface area contributed by atoms with Gasteiger partial charge in [0.1, 0.15) is 0 Å². The van der Waals surface area contributed by atoms with Gasteiger partial charge in [-0.25, -0.2) is 4.79 Å². The first-order chi connectivity index (χ1) is 13.6. The number of anilines is 1. The van der Waals surface area contributed by atoms with Gasteiger partial charge in [0.2, 0.25) is 11.7 Å². The lowest BCUT2D eigenvalue weighted by Crippen LogP contribution is -2.47. The Kier molecular flexibility index (Phi) is 7.16. The molecule has 0 aliphatic carbocycles. The Bertz CT molecular complexity index is 859. The lowest BCUT2D eigenvalue weighted by Gasteiger charge is -2.20. The quantitative estimate of drug-likeness (QED) is 0.469. The van der Waals surface area contributed by atoms with Crippen LogP contribution in [0.4, 0.5) is 10.5 Å². The first-order valence-electron chi connectivity index (χ1n) is 8.71. The Labute approximate surface area is 171 Å². The third-order valence-electron chi connectivity index (χ3n) is 4.43. The van der Waals surface area contributed by atoms with Crippen molar-refractivity contribution in [3.05, 3.63) is 28.8 Å². The molecule has 5 N–H and O–H groups in total. The molecule has 156 valence electrons. The number of Topliss-reactive ketones (excluding diaryl/α,β-unsaturated/α-hetero) is 1. The third-order valence-corrected chi connectivity index (χ3v) is 4.67. The van der Waals surface area contributed by atoms with Crippen LogP contribution in [-0.4, -0.2) is 48.8 Å². The average Bonchev–Trinajstić information content (AvgIpc) is 2.98. The van der Waals surface area contributed by atoms with E-state index in [1.165, 1.54) is 18.2 Å². The van der Waals surface area contributed by atoms with Crippen LogP contribution in [0.1, 0.15) is 30.1 Å². The zero-order valence-electron chi connectivity index (χ0n) is 15.8. The van der Waals surface area contributed by atoms with Gasteiger partial charge in [-0.05, 0) is 38.0 Å². The van der Waals surface area contributed by atoms with Crippen molar-refractivity contribution in [1.29, 1.82) is 0 Å². The lowest BCUT2D eigenvalue weighted by atomic mass is 9.94. The highest BCUT2D eigenvalue weighted by atomic mass is 35.5. The van der Waals surface area contributed by atoms with E-state index in [4.69, 9.17) is 17.3 Å². The summed E-state index contributed by atoms with van der Waals surface area (Å²) in [6.45, 7) is 1.80. The molecule has 1 aliphatic rings. The molecule has 0 radical (unpaired) electrons. The monoisotopic (exact) mass is 424 g/mol. The molecule has 0 saturated carbocycles. The zero-order valence-corrected chi connectivity index (χ0v) is 16.5. The van der Waals surface area contributed by atoms with Gasteiger partial charge < -0.3 is 21.1 Å². The van der Waals surface area contributed by atoms with Crippen molar-refractivity contribution in [2.75, 3.05) is 12.4 Å². The van der Waals surface area contributed by atoms with Gasteiger partial charge in [-0.15, -0.1) is 0 Å². The molecule has 2 rings (SSSR count). The summed E-state index contributed by atoms with van der Waals surface area (Å²) in [6.07, 6.45) is -0.462. The van der Waals surface area contributed by atoms with Crippen molar-refractivity contribution >= 4 is 46.9 Å². The number of carbonyl (C=O) groups is 5. The lowest BCUT2D eigenvalue weighted by molar-refractivity contribution is -0.137. The molecule has 29 heavy (non-hydrogen) atoms. The van der Waals surface area contributed by atoms with E-state index in [2.05, 4.69) is 20.7 Å². The fraction of sp³-hybridized carbons (Fsp3) is 0.389. The van der Waals surface area contributed by atoms with Crippen LogP contribution in [0.3, 0.4) is 0 Å². The molecule has 0 aromatic heterocycles. The Morgan fingerprint density at radius 1 is 1.34 bits per heavy atom. The number of methoxy groups -OCH3 is 1. The molecule has 3 atom stereocenters. The van der Waals surface area contributed by atoms with Crippen LogP contribution < -0.4 is 21.7 Å². The summed E-state index contributed by atoms with van der Waals surface area (Å²) in [7, 11) is 1.15. The number of ketones is 1.